The molecule has 0 bridgehead atoms. The highest BCUT2D eigenvalue weighted by Gasteiger charge is 2.24. The van der Waals surface area contributed by atoms with Crippen LogP contribution in [0.5, 0.6) is 0 Å². The Hall–Kier alpha value is -0.660. The molecule has 0 unspecified atom stereocenters. The minimum atomic E-state index is -3.87. The van der Waals surface area contributed by atoms with E-state index in [0.29, 0.717) is 38.9 Å². The zero-order valence-corrected chi connectivity index (χ0v) is 9.82. The SMILES string of the molecule is O=C(O)C1CCN(CCCS(=O)(=O)O)CC1. The molecule has 94 valence electrons. The number of aliphatic carboxylic acids is 1. The van der Waals surface area contributed by atoms with Crippen molar-refractivity contribution in [3.05, 3.63) is 0 Å². The summed E-state index contributed by atoms with van der Waals surface area (Å²) in [5, 5.41) is 8.78. The lowest BCUT2D eigenvalue weighted by atomic mass is 9.97. The number of piperidine rings is 1. The van der Waals surface area contributed by atoms with E-state index in [9.17, 15) is 13.2 Å². The first-order valence-electron chi connectivity index (χ1n) is 5.29. The molecule has 0 aliphatic carbocycles. The molecule has 0 spiro atoms. The minimum absolute atomic E-state index is 0.230. The topological polar surface area (TPSA) is 94.9 Å². The molecule has 1 rings (SSSR count). The van der Waals surface area contributed by atoms with E-state index in [1.807, 2.05) is 4.90 Å². The van der Waals surface area contributed by atoms with Crippen molar-refractivity contribution in [2.75, 3.05) is 25.4 Å². The van der Waals surface area contributed by atoms with Gasteiger partial charge in [0.25, 0.3) is 10.1 Å². The quantitative estimate of drug-likeness (QED) is 0.671. The maximum atomic E-state index is 10.7. The van der Waals surface area contributed by atoms with Crippen LogP contribution >= 0.6 is 0 Å². The largest absolute Gasteiger partial charge is 0.481 e. The smallest absolute Gasteiger partial charge is 0.306 e. The van der Waals surface area contributed by atoms with Crippen LogP contribution in [0.25, 0.3) is 0 Å². The summed E-state index contributed by atoms with van der Waals surface area (Å²) in [5.74, 6) is -1.25. The van der Waals surface area contributed by atoms with E-state index in [1.54, 1.807) is 0 Å². The number of carbonyl (C=O) groups is 1. The highest BCUT2D eigenvalue weighted by molar-refractivity contribution is 7.85. The summed E-state index contributed by atoms with van der Waals surface area (Å²) in [6.07, 6.45) is 1.61. The van der Waals surface area contributed by atoms with E-state index in [1.165, 1.54) is 0 Å². The molecular weight excluding hydrogens is 234 g/mol. The molecule has 7 heteroatoms. The average Bonchev–Trinajstić information content (AvgIpc) is 2.16. The Morgan fingerprint density at radius 2 is 1.88 bits per heavy atom. The first-order valence-corrected chi connectivity index (χ1v) is 6.90. The molecule has 0 aromatic rings. The van der Waals surface area contributed by atoms with Gasteiger partial charge in [0.05, 0.1) is 11.7 Å². The lowest BCUT2D eigenvalue weighted by Gasteiger charge is -2.29. The van der Waals surface area contributed by atoms with E-state index < -0.39 is 16.1 Å². The first-order chi connectivity index (χ1) is 7.38. The number of rotatable bonds is 5. The molecule has 1 saturated heterocycles. The number of hydrogen-bond acceptors (Lipinski definition) is 4. The van der Waals surface area contributed by atoms with Gasteiger partial charge in [-0.2, -0.15) is 8.42 Å². The van der Waals surface area contributed by atoms with Gasteiger partial charge in [0.15, 0.2) is 0 Å². The fourth-order valence-corrected chi connectivity index (χ4v) is 2.37. The Labute approximate surface area is 95.0 Å². The fraction of sp³-hybridized carbons (Fsp3) is 0.889. The minimum Gasteiger partial charge on any atom is -0.481 e. The Morgan fingerprint density at radius 3 is 2.31 bits per heavy atom. The Kier molecular flexibility index (Phi) is 4.69. The highest BCUT2D eigenvalue weighted by Crippen LogP contribution is 2.17. The van der Waals surface area contributed by atoms with Crippen molar-refractivity contribution in [2.45, 2.75) is 19.3 Å². The maximum Gasteiger partial charge on any atom is 0.306 e. The average molecular weight is 251 g/mol. The molecular formula is C9H17NO5S. The number of carboxylic acid groups (broad SMARTS) is 1. The number of hydrogen-bond donors (Lipinski definition) is 2. The van der Waals surface area contributed by atoms with E-state index >= 15 is 0 Å². The van der Waals surface area contributed by atoms with Crippen LogP contribution in [0.4, 0.5) is 0 Å². The molecule has 1 aliphatic rings. The molecule has 0 saturated carbocycles. The van der Waals surface area contributed by atoms with E-state index in [4.69, 9.17) is 9.66 Å². The number of likely N-dealkylation sites (tertiary alicyclic amines) is 1. The van der Waals surface area contributed by atoms with Gasteiger partial charge in [0.1, 0.15) is 0 Å². The molecule has 0 amide bonds. The Morgan fingerprint density at radius 1 is 1.31 bits per heavy atom. The Bertz CT molecular complexity index is 332. The molecule has 0 radical (unpaired) electrons. The van der Waals surface area contributed by atoms with Crippen LogP contribution in [0.1, 0.15) is 19.3 Å². The first kappa shape index (κ1) is 13.4. The van der Waals surface area contributed by atoms with Gasteiger partial charge in [-0.3, -0.25) is 9.35 Å². The van der Waals surface area contributed by atoms with Gasteiger partial charge in [-0.1, -0.05) is 0 Å². The second kappa shape index (κ2) is 5.60. The van der Waals surface area contributed by atoms with Gasteiger partial charge >= 0.3 is 5.97 Å². The van der Waals surface area contributed by atoms with Gasteiger partial charge < -0.3 is 10.0 Å². The van der Waals surface area contributed by atoms with Crippen LogP contribution in [-0.2, 0) is 14.9 Å². The third-order valence-corrected chi connectivity index (χ3v) is 3.62. The van der Waals surface area contributed by atoms with Crippen LogP contribution in [-0.4, -0.2) is 54.3 Å². The molecule has 0 aromatic carbocycles. The van der Waals surface area contributed by atoms with Gasteiger partial charge in [0.2, 0.25) is 0 Å². The van der Waals surface area contributed by atoms with Gasteiger partial charge in [-0.15, -0.1) is 0 Å². The summed E-state index contributed by atoms with van der Waals surface area (Å²) in [4.78, 5) is 12.7. The standard InChI is InChI=1S/C9H17NO5S/c11-9(12)8-2-5-10(6-3-8)4-1-7-16(13,14)15/h8H,1-7H2,(H,11,12)(H,13,14,15). The molecule has 1 aliphatic heterocycles. The monoisotopic (exact) mass is 251 g/mol. The second-order valence-electron chi connectivity index (χ2n) is 4.09. The van der Waals surface area contributed by atoms with Crippen molar-refractivity contribution >= 4 is 16.1 Å². The van der Waals surface area contributed by atoms with Crippen molar-refractivity contribution in [2.24, 2.45) is 5.92 Å². The van der Waals surface area contributed by atoms with Gasteiger partial charge in [0, 0.05) is 0 Å². The van der Waals surface area contributed by atoms with E-state index in [2.05, 4.69) is 0 Å². The summed E-state index contributed by atoms with van der Waals surface area (Å²) in [5.41, 5.74) is 0. The van der Waals surface area contributed by atoms with Crippen LogP contribution in [0, 0.1) is 5.92 Å². The van der Waals surface area contributed by atoms with Crippen LogP contribution in [0.2, 0.25) is 0 Å². The van der Waals surface area contributed by atoms with Crippen molar-refractivity contribution in [1.29, 1.82) is 0 Å². The third kappa shape index (κ3) is 4.91. The zero-order valence-electron chi connectivity index (χ0n) is 9.00. The molecule has 0 atom stereocenters. The van der Waals surface area contributed by atoms with Crippen LogP contribution < -0.4 is 0 Å². The number of carboxylic acids is 1. The molecule has 1 heterocycles. The van der Waals surface area contributed by atoms with Gasteiger partial charge in [-0.25, -0.2) is 0 Å². The normalized spacial score (nSPS) is 19.8. The summed E-state index contributed by atoms with van der Waals surface area (Å²) < 4.78 is 29.5. The van der Waals surface area contributed by atoms with Crippen molar-refractivity contribution in [3.8, 4) is 0 Å². The second-order valence-corrected chi connectivity index (χ2v) is 5.67. The summed E-state index contributed by atoms with van der Waals surface area (Å²) in [7, 11) is -3.87. The van der Waals surface area contributed by atoms with E-state index in [0.717, 1.165) is 0 Å². The summed E-state index contributed by atoms with van der Waals surface area (Å²) >= 11 is 0. The van der Waals surface area contributed by atoms with Crippen LogP contribution in [0.3, 0.4) is 0 Å². The fourth-order valence-electron chi connectivity index (χ4n) is 1.87. The highest BCUT2D eigenvalue weighted by atomic mass is 32.2. The third-order valence-electron chi connectivity index (χ3n) is 2.81. The zero-order chi connectivity index (χ0) is 12.2. The predicted molar refractivity (Wildman–Crippen MR) is 57.8 cm³/mol. The predicted octanol–water partition coefficient (Wildman–Crippen LogP) is 0.0609. The lowest BCUT2D eigenvalue weighted by molar-refractivity contribution is -0.143. The summed E-state index contributed by atoms with van der Waals surface area (Å²) in [6, 6.07) is 0. The number of nitrogens with zero attached hydrogens (tertiary/aromatic N) is 1. The molecule has 0 aromatic heterocycles. The molecule has 6 nitrogen and oxygen atoms in total. The molecule has 1 fully saturated rings. The molecule has 16 heavy (non-hydrogen) atoms. The van der Waals surface area contributed by atoms with Crippen molar-refractivity contribution in [3.63, 3.8) is 0 Å². The summed E-state index contributed by atoms with van der Waals surface area (Å²) in [6.45, 7) is 1.96. The Balaban J connectivity index is 2.20. The van der Waals surface area contributed by atoms with Crippen LogP contribution in [0.15, 0.2) is 0 Å². The van der Waals surface area contributed by atoms with Crippen molar-refractivity contribution < 1.29 is 22.9 Å². The van der Waals surface area contributed by atoms with Gasteiger partial charge in [-0.05, 0) is 38.9 Å². The molecule has 2 N–H and O–H groups in total. The lowest BCUT2D eigenvalue weighted by Crippen LogP contribution is -2.37. The maximum absolute atomic E-state index is 10.7. The van der Waals surface area contributed by atoms with Crippen molar-refractivity contribution in [1.82, 2.24) is 4.90 Å². The van der Waals surface area contributed by atoms with E-state index in [-0.39, 0.29) is 11.7 Å².